The minimum atomic E-state index is 0.751. The van der Waals surface area contributed by atoms with Crippen molar-refractivity contribution in [2.45, 2.75) is 13.8 Å². The average molecular weight is 210 g/mol. The summed E-state index contributed by atoms with van der Waals surface area (Å²) >= 11 is 0. The van der Waals surface area contributed by atoms with Crippen molar-refractivity contribution in [3.8, 4) is 0 Å². The fourth-order valence-electron chi connectivity index (χ4n) is 1.39. The first-order valence-electron chi connectivity index (χ1n) is 5.28. The van der Waals surface area contributed by atoms with Crippen molar-refractivity contribution in [3.05, 3.63) is 59.3 Å². The van der Waals surface area contributed by atoms with Gasteiger partial charge in [-0.1, -0.05) is 35.9 Å². The molecule has 2 nitrogen and oxygen atoms in total. The van der Waals surface area contributed by atoms with Gasteiger partial charge in [0.1, 0.15) is 0 Å². The Bertz CT molecular complexity index is 498. The summed E-state index contributed by atoms with van der Waals surface area (Å²) in [7, 11) is 0. The third-order valence-corrected chi connectivity index (χ3v) is 2.30. The van der Waals surface area contributed by atoms with Crippen molar-refractivity contribution in [1.82, 2.24) is 4.98 Å². The lowest BCUT2D eigenvalue weighted by molar-refractivity contribution is 1.18. The molecule has 0 spiro atoms. The van der Waals surface area contributed by atoms with Crippen LogP contribution in [0.15, 0.2) is 47.5 Å². The normalized spacial score (nSPS) is 10.9. The summed E-state index contributed by atoms with van der Waals surface area (Å²) in [6.07, 6.45) is 1.83. The number of aromatic nitrogens is 1. The Morgan fingerprint density at radius 3 is 2.44 bits per heavy atom. The first-order chi connectivity index (χ1) is 7.74. The molecule has 1 heterocycles. The quantitative estimate of drug-likeness (QED) is 0.697. The van der Waals surface area contributed by atoms with Crippen LogP contribution < -0.4 is 0 Å². The summed E-state index contributed by atoms with van der Waals surface area (Å²) in [4.78, 5) is 8.64. The maximum Gasteiger partial charge on any atom is 0.152 e. The zero-order valence-corrected chi connectivity index (χ0v) is 9.51. The minimum absolute atomic E-state index is 0.751. The molecule has 0 saturated heterocycles. The molecule has 0 unspecified atom stereocenters. The van der Waals surface area contributed by atoms with Gasteiger partial charge in [-0.05, 0) is 31.5 Å². The molecule has 1 aromatic carbocycles. The minimum Gasteiger partial charge on any atom is -0.237 e. The predicted molar refractivity (Wildman–Crippen MR) is 67.4 cm³/mol. The molecule has 0 N–H and O–H groups in total. The molecule has 0 aliphatic heterocycles. The number of benzene rings is 1. The summed E-state index contributed by atoms with van der Waals surface area (Å²) in [5.41, 5.74) is 3.33. The molecule has 2 heteroatoms. The average Bonchev–Trinajstić information content (AvgIpc) is 2.28. The molecule has 0 amide bonds. The summed E-state index contributed by atoms with van der Waals surface area (Å²) < 4.78 is 0. The van der Waals surface area contributed by atoms with Gasteiger partial charge < -0.3 is 0 Å². The number of hydrogen-bond donors (Lipinski definition) is 0. The van der Waals surface area contributed by atoms with E-state index in [9.17, 15) is 0 Å². The largest absolute Gasteiger partial charge is 0.237 e. The number of nitrogens with zero attached hydrogens (tertiary/aromatic N) is 2. The van der Waals surface area contributed by atoms with Crippen molar-refractivity contribution in [1.29, 1.82) is 0 Å². The molecule has 0 atom stereocenters. The Kier molecular flexibility index (Phi) is 3.10. The van der Waals surface area contributed by atoms with Gasteiger partial charge in [0.2, 0.25) is 0 Å². The standard InChI is InChI=1S/C14H14N2/c1-11-6-8-13(9-7-11)10-15-14-5-3-4-12(2)16-14/h3-10H,1-2H3/b15-10+. The molecule has 0 bridgehead atoms. The summed E-state index contributed by atoms with van der Waals surface area (Å²) in [5.74, 6) is 0.751. The Morgan fingerprint density at radius 2 is 1.75 bits per heavy atom. The summed E-state index contributed by atoms with van der Waals surface area (Å²) in [6, 6.07) is 14.1. The molecule has 16 heavy (non-hydrogen) atoms. The molecular weight excluding hydrogens is 196 g/mol. The van der Waals surface area contributed by atoms with E-state index in [1.807, 2.05) is 31.3 Å². The van der Waals surface area contributed by atoms with E-state index in [2.05, 4.69) is 41.2 Å². The topological polar surface area (TPSA) is 25.2 Å². The SMILES string of the molecule is Cc1ccc(/C=N/c2cccc(C)n2)cc1. The van der Waals surface area contributed by atoms with Gasteiger partial charge in [0, 0.05) is 11.9 Å². The first kappa shape index (κ1) is 10.6. The highest BCUT2D eigenvalue weighted by molar-refractivity contribution is 5.81. The van der Waals surface area contributed by atoms with Crippen molar-refractivity contribution in [2.75, 3.05) is 0 Å². The highest BCUT2D eigenvalue weighted by Crippen LogP contribution is 2.08. The third-order valence-electron chi connectivity index (χ3n) is 2.30. The fourth-order valence-corrected chi connectivity index (χ4v) is 1.39. The number of aryl methyl sites for hydroxylation is 2. The van der Waals surface area contributed by atoms with Crippen molar-refractivity contribution >= 4 is 12.0 Å². The molecule has 0 saturated carbocycles. The van der Waals surface area contributed by atoms with Gasteiger partial charge >= 0.3 is 0 Å². The van der Waals surface area contributed by atoms with Crippen LogP contribution in [0.3, 0.4) is 0 Å². The number of rotatable bonds is 2. The highest BCUT2D eigenvalue weighted by atomic mass is 14.9. The van der Waals surface area contributed by atoms with Crippen molar-refractivity contribution in [3.63, 3.8) is 0 Å². The van der Waals surface area contributed by atoms with E-state index in [1.54, 1.807) is 0 Å². The fraction of sp³-hybridized carbons (Fsp3) is 0.143. The lowest BCUT2D eigenvalue weighted by atomic mass is 10.2. The molecule has 2 aromatic rings. The second kappa shape index (κ2) is 4.71. The van der Waals surface area contributed by atoms with Crippen LogP contribution in [-0.2, 0) is 0 Å². The van der Waals surface area contributed by atoms with E-state index in [1.165, 1.54) is 5.56 Å². The smallest absolute Gasteiger partial charge is 0.152 e. The Balaban J connectivity index is 2.18. The Hall–Kier alpha value is -1.96. The zero-order chi connectivity index (χ0) is 11.4. The second-order valence-electron chi connectivity index (χ2n) is 3.81. The first-order valence-corrected chi connectivity index (χ1v) is 5.28. The second-order valence-corrected chi connectivity index (χ2v) is 3.81. The molecular formula is C14H14N2. The van der Waals surface area contributed by atoms with Crippen LogP contribution in [0, 0.1) is 13.8 Å². The molecule has 0 radical (unpaired) electrons. The van der Waals surface area contributed by atoms with Crippen LogP contribution in [0.4, 0.5) is 5.82 Å². The van der Waals surface area contributed by atoms with Crippen molar-refractivity contribution in [2.24, 2.45) is 4.99 Å². The van der Waals surface area contributed by atoms with Gasteiger partial charge in [-0.25, -0.2) is 9.98 Å². The summed E-state index contributed by atoms with van der Waals surface area (Å²) in [5, 5.41) is 0. The van der Waals surface area contributed by atoms with E-state index in [0.717, 1.165) is 17.1 Å². The molecule has 0 fully saturated rings. The number of hydrogen-bond acceptors (Lipinski definition) is 2. The van der Waals surface area contributed by atoms with Gasteiger partial charge in [-0.15, -0.1) is 0 Å². The van der Waals surface area contributed by atoms with Gasteiger partial charge in [-0.3, -0.25) is 0 Å². The monoisotopic (exact) mass is 210 g/mol. The van der Waals surface area contributed by atoms with Gasteiger partial charge in [0.15, 0.2) is 5.82 Å². The zero-order valence-electron chi connectivity index (χ0n) is 9.51. The lowest BCUT2D eigenvalue weighted by Gasteiger charge is -1.96. The van der Waals surface area contributed by atoms with Crippen LogP contribution in [0.2, 0.25) is 0 Å². The Morgan fingerprint density at radius 1 is 1.00 bits per heavy atom. The summed E-state index contributed by atoms with van der Waals surface area (Å²) in [6.45, 7) is 4.04. The van der Waals surface area contributed by atoms with E-state index >= 15 is 0 Å². The van der Waals surface area contributed by atoms with Crippen LogP contribution in [0.25, 0.3) is 0 Å². The Labute approximate surface area is 95.7 Å². The molecule has 80 valence electrons. The maximum atomic E-state index is 4.33. The molecule has 2 rings (SSSR count). The number of pyridine rings is 1. The lowest BCUT2D eigenvalue weighted by Crippen LogP contribution is -1.83. The van der Waals surface area contributed by atoms with Crippen LogP contribution in [0.1, 0.15) is 16.8 Å². The van der Waals surface area contributed by atoms with Crippen LogP contribution in [0.5, 0.6) is 0 Å². The molecule has 1 aromatic heterocycles. The van der Waals surface area contributed by atoms with Crippen LogP contribution >= 0.6 is 0 Å². The van der Waals surface area contributed by atoms with E-state index in [-0.39, 0.29) is 0 Å². The van der Waals surface area contributed by atoms with Crippen molar-refractivity contribution < 1.29 is 0 Å². The van der Waals surface area contributed by atoms with E-state index < -0.39 is 0 Å². The third kappa shape index (κ3) is 2.76. The van der Waals surface area contributed by atoms with E-state index in [4.69, 9.17) is 0 Å². The van der Waals surface area contributed by atoms with Gasteiger partial charge in [0.05, 0.1) is 0 Å². The maximum absolute atomic E-state index is 4.33. The van der Waals surface area contributed by atoms with Gasteiger partial charge in [0.25, 0.3) is 0 Å². The van der Waals surface area contributed by atoms with Crippen LogP contribution in [-0.4, -0.2) is 11.2 Å². The highest BCUT2D eigenvalue weighted by Gasteiger charge is 1.91. The molecule has 0 aliphatic carbocycles. The van der Waals surface area contributed by atoms with Gasteiger partial charge in [-0.2, -0.15) is 0 Å². The molecule has 0 aliphatic rings. The van der Waals surface area contributed by atoms with E-state index in [0.29, 0.717) is 0 Å². The predicted octanol–water partition coefficient (Wildman–Crippen LogP) is 3.45. The number of aliphatic imine (C=N–C) groups is 1.